The minimum Gasteiger partial charge on any atom is -0.356 e. The summed E-state index contributed by atoms with van der Waals surface area (Å²) >= 11 is 0. The van der Waals surface area contributed by atoms with E-state index in [1.165, 1.54) is 18.9 Å². The standard InChI is InChI=1S/C21H30FN3O2/c1-13(2)24-21(27)25-11-17(16-6-7-19(22)14(3)8-16)9-18(12-25)20(26)23-10-15-4-5-15/h6-8,13,15,17-18H,4-5,9-12H2,1-3H3,(H,23,26)(H,24,27)/t17-,18+/m0/s1. The van der Waals surface area contributed by atoms with Crippen molar-refractivity contribution >= 4 is 11.9 Å². The zero-order valence-corrected chi connectivity index (χ0v) is 16.4. The van der Waals surface area contributed by atoms with Crippen molar-refractivity contribution in [2.45, 2.75) is 52.0 Å². The molecule has 1 saturated heterocycles. The third kappa shape index (κ3) is 5.21. The lowest BCUT2D eigenvalue weighted by Crippen LogP contribution is -2.52. The van der Waals surface area contributed by atoms with Gasteiger partial charge in [-0.15, -0.1) is 0 Å². The SMILES string of the molecule is Cc1cc([C@H]2C[C@@H](C(=O)NCC3CC3)CN(C(=O)NC(C)C)C2)ccc1F. The number of benzene rings is 1. The van der Waals surface area contributed by atoms with Crippen LogP contribution in [0, 0.1) is 24.6 Å². The number of carbonyl (C=O) groups excluding carboxylic acids is 2. The van der Waals surface area contributed by atoms with Crippen LogP contribution in [0.2, 0.25) is 0 Å². The lowest BCUT2D eigenvalue weighted by molar-refractivity contribution is -0.126. The largest absolute Gasteiger partial charge is 0.356 e. The van der Waals surface area contributed by atoms with Gasteiger partial charge in [-0.3, -0.25) is 4.79 Å². The molecule has 0 spiro atoms. The molecule has 2 atom stereocenters. The number of nitrogens with zero attached hydrogens (tertiary/aromatic N) is 1. The van der Waals surface area contributed by atoms with Gasteiger partial charge in [-0.25, -0.2) is 9.18 Å². The van der Waals surface area contributed by atoms with Gasteiger partial charge in [0, 0.05) is 31.6 Å². The number of halogens is 1. The highest BCUT2D eigenvalue weighted by Gasteiger charge is 2.35. The van der Waals surface area contributed by atoms with Crippen molar-refractivity contribution in [2.75, 3.05) is 19.6 Å². The van der Waals surface area contributed by atoms with Crippen molar-refractivity contribution in [3.05, 3.63) is 35.1 Å². The molecule has 0 aromatic heterocycles. The summed E-state index contributed by atoms with van der Waals surface area (Å²) in [6, 6.07) is 4.97. The first-order chi connectivity index (χ1) is 12.8. The van der Waals surface area contributed by atoms with E-state index in [1.807, 2.05) is 19.9 Å². The molecule has 2 aliphatic rings. The highest BCUT2D eigenvalue weighted by molar-refractivity contribution is 5.81. The maximum Gasteiger partial charge on any atom is 0.317 e. The van der Waals surface area contributed by atoms with E-state index in [1.54, 1.807) is 17.9 Å². The van der Waals surface area contributed by atoms with Crippen LogP contribution in [0.4, 0.5) is 9.18 Å². The molecule has 2 N–H and O–H groups in total. The summed E-state index contributed by atoms with van der Waals surface area (Å²) in [5, 5.41) is 5.97. The predicted molar refractivity (Wildman–Crippen MR) is 103 cm³/mol. The Hall–Kier alpha value is -2.11. The quantitative estimate of drug-likeness (QED) is 0.830. The Labute approximate surface area is 160 Å². The number of aryl methyl sites for hydroxylation is 1. The van der Waals surface area contributed by atoms with E-state index in [0.717, 1.165) is 12.1 Å². The average molecular weight is 375 g/mol. The molecule has 1 saturated carbocycles. The molecule has 0 radical (unpaired) electrons. The van der Waals surface area contributed by atoms with Crippen molar-refractivity contribution in [3.8, 4) is 0 Å². The van der Waals surface area contributed by atoms with Crippen molar-refractivity contribution < 1.29 is 14.0 Å². The smallest absolute Gasteiger partial charge is 0.317 e. The maximum atomic E-state index is 13.7. The number of piperidine rings is 1. The van der Waals surface area contributed by atoms with E-state index in [9.17, 15) is 14.0 Å². The number of hydrogen-bond acceptors (Lipinski definition) is 2. The monoisotopic (exact) mass is 375 g/mol. The van der Waals surface area contributed by atoms with Gasteiger partial charge in [-0.2, -0.15) is 0 Å². The molecule has 1 aliphatic carbocycles. The first-order valence-electron chi connectivity index (χ1n) is 9.92. The van der Waals surface area contributed by atoms with Crippen LogP contribution in [0.1, 0.15) is 50.2 Å². The van der Waals surface area contributed by atoms with Gasteiger partial charge < -0.3 is 15.5 Å². The minimum absolute atomic E-state index is 0.0210. The van der Waals surface area contributed by atoms with E-state index in [2.05, 4.69) is 10.6 Å². The Kier molecular flexibility index (Phi) is 6.02. The molecular weight excluding hydrogens is 345 g/mol. The first kappa shape index (κ1) is 19.6. The number of rotatable bonds is 5. The van der Waals surface area contributed by atoms with E-state index in [0.29, 0.717) is 31.0 Å². The molecule has 1 heterocycles. The molecule has 0 unspecified atom stereocenters. The molecule has 5 nitrogen and oxygen atoms in total. The average Bonchev–Trinajstić information content (AvgIpc) is 3.45. The number of hydrogen-bond donors (Lipinski definition) is 2. The molecule has 3 rings (SSSR count). The highest BCUT2D eigenvalue weighted by atomic mass is 19.1. The summed E-state index contributed by atoms with van der Waals surface area (Å²) in [5.41, 5.74) is 1.57. The second-order valence-corrected chi connectivity index (χ2v) is 8.34. The van der Waals surface area contributed by atoms with Crippen molar-refractivity contribution in [1.82, 2.24) is 15.5 Å². The molecule has 1 aromatic rings. The van der Waals surface area contributed by atoms with Gasteiger partial charge in [0.15, 0.2) is 0 Å². The van der Waals surface area contributed by atoms with Gasteiger partial charge in [0.2, 0.25) is 5.91 Å². The number of nitrogens with one attached hydrogen (secondary N) is 2. The first-order valence-corrected chi connectivity index (χ1v) is 9.92. The molecule has 2 fully saturated rings. The fourth-order valence-corrected chi connectivity index (χ4v) is 3.67. The summed E-state index contributed by atoms with van der Waals surface area (Å²) in [6.07, 6.45) is 3.05. The fourth-order valence-electron chi connectivity index (χ4n) is 3.67. The normalized spacial score (nSPS) is 22.6. The van der Waals surface area contributed by atoms with Crippen LogP contribution in [0.3, 0.4) is 0 Å². The second kappa shape index (κ2) is 8.28. The lowest BCUT2D eigenvalue weighted by Gasteiger charge is -2.38. The summed E-state index contributed by atoms with van der Waals surface area (Å²) in [7, 11) is 0. The summed E-state index contributed by atoms with van der Waals surface area (Å²) in [5.74, 6) is 0.183. The van der Waals surface area contributed by atoms with Crippen LogP contribution in [-0.2, 0) is 4.79 Å². The molecule has 27 heavy (non-hydrogen) atoms. The molecule has 148 valence electrons. The van der Waals surface area contributed by atoms with E-state index < -0.39 is 0 Å². The summed E-state index contributed by atoms with van der Waals surface area (Å²) < 4.78 is 13.7. The zero-order valence-electron chi connectivity index (χ0n) is 16.4. The van der Waals surface area contributed by atoms with Crippen LogP contribution < -0.4 is 10.6 Å². The summed E-state index contributed by atoms with van der Waals surface area (Å²) in [6.45, 7) is 7.27. The second-order valence-electron chi connectivity index (χ2n) is 8.34. The Morgan fingerprint density at radius 2 is 2.00 bits per heavy atom. The van der Waals surface area contributed by atoms with Gasteiger partial charge in [-0.05, 0) is 63.1 Å². The fraction of sp³-hybridized carbons (Fsp3) is 0.619. The third-order valence-electron chi connectivity index (χ3n) is 5.44. The third-order valence-corrected chi connectivity index (χ3v) is 5.44. The van der Waals surface area contributed by atoms with Crippen molar-refractivity contribution in [3.63, 3.8) is 0 Å². The molecule has 6 heteroatoms. The minimum atomic E-state index is -0.245. The molecule has 1 aromatic carbocycles. The zero-order chi connectivity index (χ0) is 19.6. The molecule has 0 bridgehead atoms. The van der Waals surface area contributed by atoms with Crippen molar-refractivity contribution in [2.24, 2.45) is 11.8 Å². The number of urea groups is 1. The van der Waals surface area contributed by atoms with Gasteiger partial charge in [0.25, 0.3) is 0 Å². The predicted octanol–water partition coefficient (Wildman–Crippen LogP) is 3.18. The van der Waals surface area contributed by atoms with Gasteiger partial charge in [-0.1, -0.05) is 12.1 Å². The van der Waals surface area contributed by atoms with Crippen LogP contribution in [-0.4, -0.2) is 42.5 Å². The number of likely N-dealkylation sites (tertiary alicyclic amines) is 1. The van der Waals surface area contributed by atoms with E-state index in [4.69, 9.17) is 0 Å². The Balaban J connectivity index is 1.75. The number of carbonyl (C=O) groups is 2. The highest BCUT2D eigenvalue weighted by Crippen LogP contribution is 2.32. The summed E-state index contributed by atoms with van der Waals surface area (Å²) in [4.78, 5) is 27.0. The topological polar surface area (TPSA) is 61.4 Å². The Bertz CT molecular complexity index is 703. The molecule has 3 amide bonds. The molecule has 1 aliphatic heterocycles. The van der Waals surface area contributed by atoms with Crippen molar-refractivity contribution in [1.29, 1.82) is 0 Å². The van der Waals surface area contributed by atoms with Gasteiger partial charge >= 0.3 is 6.03 Å². The lowest BCUT2D eigenvalue weighted by atomic mass is 9.83. The van der Waals surface area contributed by atoms with Gasteiger partial charge in [0.05, 0.1) is 5.92 Å². The van der Waals surface area contributed by atoms with Crippen LogP contribution in [0.15, 0.2) is 18.2 Å². The Morgan fingerprint density at radius 1 is 1.26 bits per heavy atom. The van der Waals surface area contributed by atoms with E-state index in [-0.39, 0.29) is 35.6 Å². The van der Waals surface area contributed by atoms with Crippen LogP contribution in [0.25, 0.3) is 0 Å². The maximum absolute atomic E-state index is 13.7. The molecular formula is C21H30FN3O2. The van der Waals surface area contributed by atoms with Crippen LogP contribution in [0.5, 0.6) is 0 Å². The van der Waals surface area contributed by atoms with Crippen LogP contribution >= 0.6 is 0 Å². The van der Waals surface area contributed by atoms with E-state index >= 15 is 0 Å². The Morgan fingerprint density at radius 3 is 2.63 bits per heavy atom. The number of amides is 3. The van der Waals surface area contributed by atoms with Gasteiger partial charge in [0.1, 0.15) is 5.82 Å².